The highest BCUT2D eigenvalue weighted by atomic mass is 32.1. The van der Waals surface area contributed by atoms with Gasteiger partial charge in [0, 0.05) is 11.3 Å². The molecule has 0 aliphatic rings. The summed E-state index contributed by atoms with van der Waals surface area (Å²) in [6.45, 7) is 10.4. The molecule has 0 saturated heterocycles. The molecule has 102 valence electrons. The Morgan fingerprint density at radius 2 is 2.06 bits per heavy atom. The molecular formula is C13H23N3OS. The third-order valence-electron chi connectivity index (χ3n) is 3.29. The van der Waals surface area contributed by atoms with Crippen molar-refractivity contribution in [1.29, 1.82) is 0 Å². The molecule has 1 unspecified atom stereocenters. The van der Waals surface area contributed by atoms with Crippen LogP contribution in [0.25, 0.3) is 0 Å². The molecule has 0 spiro atoms. The summed E-state index contributed by atoms with van der Waals surface area (Å²) < 4.78 is 0. The molecule has 0 aromatic carbocycles. The van der Waals surface area contributed by atoms with Crippen LogP contribution in [0.5, 0.6) is 0 Å². The van der Waals surface area contributed by atoms with E-state index >= 15 is 0 Å². The van der Waals surface area contributed by atoms with Gasteiger partial charge >= 0.3 is 0 Å². The minimum atomic E-state index is 0.0235. The zero-order valence-corrected chi connectivity index (χ0v) is 12.7. The number of hydrogen-bond acceptors (Lipinski definition) is 4. The number of rotatable bonds is 6. The largest absolute Gasteiger partial charge is 0.300 e. The standard InChI is InChI=1S/C13H23N3OS/c1-6-8-9(3)10(17)14-12-16-15-11(18-12)13(4,5)7-2/h9H,6-8H2,1-5H3,(H,14,16,17). The number of carbonyl (C=O) groups excluding carboxylic acids is 1. The smallest absolute Gasteiger partial charge is 0.229 e. The van der Waals surface area contributed by atoms with Crippen LogP contribution in [-0.2, 0) is 10.2 Å². The molecule has 0 saturated carbocycles. The van der Waals surface area contributed by atoms with Crippen molar-refractivity contribution in [3.8, 4) is 0 Å². The third kappa shape index (κ3) is 3.77. The van der Waals surface area contributed by atoms with Gasteiger partial charge in [-0.15, -0.1) is 10.2 Å². The molecule has 0 aliphatic carbocycles. The number of nitrogens with zero attached hydrogens (tertiary/aromatic N) is 2. The second kappa shape index (κ2) is 6.27. The van der Waals surface area contributed by atoms with Crippen LogP contribution in [0, 0.1) is 5.92 Å². The predicted octanol–water partition coefficient (Wildman–Crippen LogP) is 3.60. The van der Waals surface area contributed by atoms with Crippen molar-refractivity contribution in [1.82, 2.24) is 10.2 Å². The highest BCUT2D eigenvalue weighted by Crippen LogP contribution is 2.31. The summed E-state index contributed by atoms with van der Waals surface area (Å²) >= 11 is 1.47. The number of nitrogens with one attached hydrogen (secondary N) is 1. The maximum Gasteiger partial charge on any atom is 0.229 e. The predicted molar refractivity (Wildman–Crippen MR) is 75.9 cm³/mol. The molecule has 1 rings (SSSR count). The van der Waals surface area contributed by atoms with E-state index in [4.69, 9.17) is 0 Å². The Balaban J connectivity index is 2.67. The lowest BCUT2D eigenvalue weighted by Gasteiger charge is -2.17. The zero-order valence-electron chi connectivity index (χ0n) is 11.9. The molecule has 0 radical (unpaired) electrons. The maximum absolute atomic E-state index is 11.9. The molecule has 5 heteroatoms. The summed E-state index contributed by atoms with van der Waals surface area (Å²) in [4.78, 5) is 11.9. The van der Waals surface area contributed by atoms with E-state index in [-0.39, 0.29) is 17.2 Å². The highest BCUT2D eigenvalue weighted by Gasteiger charge is 2.24. The highest BCUT2D eigenvalue weighted by molar-refractivity contribution is 7.15. The quantitative estimate of drug-likeness (QED) is 0.858. The van der Waals surface area contributed by atoms with Crippen molar-refractivity contribution in [3.63, 3.8) is 0 Å². The minimum Gasteiger partial charge on any atom is -0.300 e. The maximum atomic E-state index is 11.9. The van der Waals surface area contributed by atoms with Gasteiger partial charge in [-0.3, -0.25) is 4.79 Å². The molecule has 0 fully saturated rings. The summed E-state index contributed by atoms with van der Waals surface area (Å²) in [5.41, 5.74) is 0.0235. The number of amides is 1. The van der Waals surface area contributed by atoms with Crippen LogP contribution in [0.4, 0.5) is 5.13 Å². The van der Waals surface area contributed by atoms with Crippen LogP contribution in [-0.4, -0.2) is 16.1 Å². The molecule has 1 aromatic heterocycles. The van der Waals surface area contributed by atoms with Gasteiger partial charge in [-0.2, -0.15) is 0 Å². The fourth-order valence-corrected chi connectivity index (χ4v) is 2.41. The fraction of sp³-hybridized carbons (Fsp3) is 0.769. The van der Waals surface area contributed by atoms with E-state index in [1.165, 1.54) is 11.3 Å². The van der Waals surface area contributed by atoms with E-state index in [2.05, 4.69) is 43.2 Å². The molecule has 4 nitrogen and oxygen atoms in total. The van der Waals surface area contributed by atoms with Crippen LogP contribution < -0.4 is 5.32 Å². The van der Waals surface area contributed by atoms with Gasteiger partial charge in [0.25, 0.3) is 0 Å². The average molecular weight is 269 g/mol. The van der Waals surface area contributed by atoms with Crippen LogP contribution in [0.15, 0.2) is 0 Å². The second-order valence-electron chi connectivity index (χ2n) is 5.33. The molecule has 1 heterocycles. The van der Waals surface area contributed by atoms with E-state index < -0.39 is 0 Å². The van der Waals surface area contributed by atoms with Gasteiger partial charge in [-0.25, -0.2) is 0 Å². The van der Waals surface area contributed by atoms with Crippen LogP contribution in [0.3, 0.4) is 0 Å². The third-order valence-corrected chi connectivity index (χ3v) is 4.49. The van der Waals surface area contributed by atoms with E-state index in [9.17, 15) is 4.79 Å². The summed E-state index contributed by atoms with van der Waals surface area (Å²) in [6, 6.07) is 0. The Hall–Kier alpha value is -0.970. The molecule has 18 heavy (non-hydrogen) atoms. The summed E-state index contributed by atoms with van der Waals surface area (Å²) in [5.74, 6) is 0.0652. The Morgan fingerprint density at radius 1 is 1.39 bits per heavy atom. The van der Waals surface area contributed by atoms with Crippen LogP contribution >= 0.6 is 11.3 Å². The lowest BCUT2D eigenvalue weighted by molar-refractivity contribution is -0.119. The van der Waals surface area contributed by atoms with Crippen molar-refractivity contribution >= 4 is 22.4 Å². The van der Waals surface area contributed by atoms with Crippen molar-refractivity contribution in [2.24, 2.45) is 5.92 Å². The zero-order chi connectivity index (χ0) is 13.8. The molecule has 0 aliphatic heterocycles. The SMILES string of the molecule is CCCC(C)C(=O)Nc1nnc(C(C)(C)CC)s1. The number of anilines is 1. The monoisotopic (exact) mass is 269 g/mol. The Labute approximate surface area is 113 Å². The van der Waals surface area contributed by atoms with Crippen molar-refractivity contribution in [3.05, 3.63) is 5.01 Å². The molecule has 1 N–H and O–H groups in total. The van der Waals surface area contributed by atoms with Gasteiger partial charge in [0.2, 0.25) is 11.0 Å². The van der Waals surface area contributed by atoms with E-state index in [0.29, 0.717) is 5.13 Å². The second-order valence-corrected chi connectivity index (χ2v) is 6.31. The van der Waals surface area contributed by atoms with Gasteiger partial charge in [-0.05, 0) is 12.8 Å². The normalized spacial score (nSPS) is 13.4. The first-order valence-electron chi connectivity index (χ1n) is 6.55. The molecule has 1 aromatic rings. The Bertz CT molecular complexity index is 401. The summed E-state index contributed by atoms with van der Waals surface area (Å²) in [7, 11) is 0. The molecular weight excluding hydrogens is 246 g/mol. The van der Waals surface area contributed by atoms with Crippen LogP contribution in [0.2, 0.25) is 0 Å². The molecule has 0 bridgehead atoms. The molecule has 1 atom stereocenters. The van der Waals surface area contributed by atoms with Crippen molar-refractivity contribution in [2.45, 2.75) is 59.3 Å². The fourth-order valence-electron chi connectivity index (χ4n) is 1.49. The number of carbonyl (C=O) groups is 1. The topological polar surface area (TPSA) is 54.9 Å². The first-order chi connectivity index (χ1) is 8.40. The van der Waals surface area contributed by atoms with E-state index in [1.807, 2.05) is 6.92 Å². The van der Waals surface area contributed by atoms with Crippen LogP contribution in [0.1, 0.15) is 58.9 Å². The van der Waals surface area contributed by atoms with E-state index in [1.54, 1.807) is 0 Å². The van der Waals surface area contributed by atoms with Crippen molar-refractivity contribution < 1.29 is 4.79 Å². The van der Waals surface area contributed by atoms with E-state index in [0.717, 1.165) is 24.3 Å². The Kier molecular flexibility index (Phi) is 5.26. The van der Waals surface area contributed by atoms with Crippen molar-refractivity contribution in [2.75, 3.05) is 5.32 Å². The lowest BCUT2D eigenvalue weighted by Crippen LogP contribution is -2.20. The Morgan fingerprint density at radius 3 is 2.61 bits per heavy atom. The first kappa shape index (κ1) is 15.1. The minimum absolute atomic E-state index is 0.0235. The summed E-state index contributed by atoms with van der Waals surface area (Å²) in [6.07, 6.45) is 2.92. The number of aromatic nitrogens is 2. The van der Waals surface area contributed by atoms with Gasteiger partial charge < -0.3 is 5.32 Å². The van der Waals surface area contributed by atoms with Gasteiger partial charge in [0.05, 0.1) is 0 Å². The summed E-state index contributed by atoms with van der Waals surface area (Å²) in [5, 5.41) is 12.7. The van der Waals surface area contributed by atoms with Gasteiger partial charge in [0.1, 0.15) is 5.01 Å². The number of hydrogen-bond donors (Lipinski definition) is 1. The average Bonchev–Trinajstić information content (AvgIpc) is 2.78. The first-order valence-corrected chi connectivity index (χ1v) is 7.37. The lowest BCUT2D eigenvalue weighted by atomic mass is 9.91. The molecule has 1 amide bonds. The van der Waals surface area contributed by atoms with Gasteiger partial charge in [0.15, 0.2) is 0 Å². The van der Waals surface area contributed by atoms with Gasteiger partial charge in [-0.1, -0.05) is 52.4 Å².